The van der Waals surface area contributed by atoms with Crippen molar-refractivity contribution in [3.05, 3.63) is 65.7 Å². The van der Waals surface area contributed by atoms with Gasteiger partial charge in [-0.2, -0.15) is 0 Å². The van der Waals surface area contributed by atoms with Crippen molar-refractivity contribution in [1.29, 1.82) is 0 Å². The SMILES string of the molecule is COCCOc1ccc(C(=O)NCC(Cc2ccccc2)C(=O)O)cc1. The summed E-state index contributed by atoms with van der Waals surface area (Å²) in [5.74, 6) is -1.28. The number of carboxylic acid groups (broad SMARTS) is 1. The second kappa shape index (κ2) is 10.2. The third-order valence-electron chi connectivity index (χ3n) is 3.86. The Kier molecular flexibility index (Phi) is 7.64. The fraction of sp³-hybridized carbons (Fsp3) is 0.300. The van der Waals surface area contributed by atoms with Gasteiger partial charge in [0.15, 0.2) is 0 Å². The van der Waals surface area contributed by atoms with Gasteiger partial charge in [-0.15, -0.1) is 0 Å². The van der Waals surface area contributed by atoms with Gasteiger partial charge in [-0.3, -0.25) is 9.59 Å². The van der Waals surface area contributed by atoms with E-state index in [1.54, 1.807) is 31.4 Å². The highest BCUT2D eigenvalue weighted by Gasteiger charge is 2.19. The van der Waals surface area contributed by atoms with E-state index in [9.17, 15) is 14.7 Å². The lowest BCUT2D eigenvalue weighted by atomic mass is 9.99. The molecule has 0 aliphatic heterocycles. The van der Waals surface area contributed by atoms with E-state index in [0.717, 1.165) is 5.56 Å². The smallest absolute Gasteiger partial charge is 0.308 e. The minimum atomic E-state index is -0.934. The van der Waals surface area contributed by atoms with Crippen molar-refractivity contribution in [3.63, 3.8) is 0 Å². The lowest BCUT2D eigenvalue weighted by molar-refractivity contribution is -0.141. The van der Waals surface area contributed by atoms with Crippen LogP contribution in [0, 0.1) is 5.92 Å². The summed E-state index contributed by atoms with van der Waals surface area (Å²) in [6, 6.07) is 16.0. The normalized spacial score (nSPS) is 11.6. The number of nitrogens with one attached hydrogen (secondary N) is 1. The van der Waals surface area contributed by atoms with Crippen LogP contribution < -0.4 is 10.1 Å². The van der Waals surface area contributed by atoms with Crippen LogP contribution in [0.25, 0.3) is 0 Å². The summed E-state index contributed by atoms with van der Waals surface area (Å²) in [5.41, 5.74) is 1.37. The Bertz CT molecular complexity index is 700. The second-order valence-corrected chi connectivity index (χ2v) is 5.80. The molecule has 0 fully saturated rings. The molecule has 1 atom stereocenters. The van der Waals surface area contributed by atoms with Crippen molar-refractivity contribution >= 4 is 11.9 Å². The van der Waals surface area contributed by atoms with E-state index in [1.807, 2.05) is 30.3 Å². The molecule has 2 aromatic carbocycles. The zero-order valence-electron chi connectivity index (χ0n) is 14.7. The fourth-order valence-electron chi connectivity index (χ4n) is 2.41. The Morgan fingerprint density at radius 2 is 1.73 bits per heavy atom. The van der Waals surface area contributed by atoms with Crippen LogP contribution in [0.4, 0.5) is 0 Å². The summed E-state index contributed by atoms with van der Waals surface area (Å²) in [5, 5.41) is 12.1. The number of hydrogen-bond donors (Lipinski definition) is 2. The first kappa shape index (κ1) is 19.5. The number of hydrogen-bond acceptors (Lipinski definition) is 4. The van der Waals surface area contributed by atoms with E-state index in [2.05, 4.69) is 5.32 Å². The summed E-state index contributed by atoms with van der Waals surface area (Å²) in [6.45, 7) is 0.983. The topological polar surface area (TPSA) is 84.9 Å². The van der Waals surface area contributed by atoms with E-state index >= 15 is 0 Å². The first-order valence-electron chi connectivity index (χ1n) is 8.37. The van der Waals surface area contributed by atoms with Crippen LogP contribution in [0.5, 0.6) is 5.75 Å². The summed E-state index contributed by atoms with van der Waals surface area (Å²) >= 11 is 0. The molecular formula is C20H23NO5. The second-order valence-electron chi connectivity index (χ2n) is 5.80. The molecule has 0 heterocycles. The van der Waals surface area contributed by atoms with Crippen LogP contribution in [-0.2, 0) is 16.0 Å². The van der Waals surface area contributed by atoms with Gasteiger partial charge in [0.25, 0.3) is 5.91 Å². The molecule has 0 radical (unpaired) electrons. The maximum atomic E-state index is 12.2. The summed E-state index contributed by atoms with van der Waals surface area (Å²) < 4.78 is 10.3. The minimum Gasteiger partial charge on any atom is -0.491 e. The van der Waals surface area contributed by atoms with Gasteiger partial charge in [0.2, 0.25) is 0 Å². The predicted molar refractivity (Wildman–Crippen MR) is 97.4 cm³/mol. The van der Waals surface area contributed by atoms with Crippen LogP contribution in [0.2, 0.25) is 0 Å². The quantitative estimate of drug-likeness (QED) is 0.638. The van der Waals surface area contributed by atoms with Crippen LogP contribution >= 0.6 is 0 Å². The van der Waals surface area contributed by atoms with Gasteiger partial charge in [-0.05, 0) is 36.2 Å². The van der Waals surface area contributed by atoms with E-state index in [-0.39, 0.29) is 12.5 Å². The predicted octanol–water partition coefficient (Wildman–Crippen LogP) is 2.39. The molecule has 1 amide bonds. The third-order valence-corrected chi connectivity index (χ3v) is 3.86. The molecule has 6 heteroatoms. The average Bonchev–Trinajstić information content (AvgIpc) is 2.66. The molecule has 0 aromatic heterocycles. The standard InChI is InChI=1S/C20H23NO5/c1-25-11-12-26-18-9-7-16(8-10-18)19(22)21-14-17(20(23)24)13-15-5-3-2-4-6-15/h2-10,17H,11-14H2,1H3,(H,21,22)(H,23,24). The lowest BCUT2D eigenvalue weighted by Crippen LogP contribution is -2.34. The number of carbonyl (C=O) groups is 2. The fourth-order valence-corrected chi connectivity index (χ4v) is 2.41. The number of aliphatic carboxylic acids is 1. The van der Waals surface area contributed by atoms with Crippen LogP contribution in [0.1, 0.15) is 15.9 Å². The van der Waals surface area contributed by atoms with E-state index in [1.165, 1.54) is 0 Å². The molecule has 0 spiro atoms. The first-order valence-corrected chi connectivity index (χ1v) is 8.37. The van der Waals surface area contributed by atoms with Gasteiger partial charge in [-0.25, -0.2) is 0 Å². The molecule has 26 heavy (non-hydrogen) atoms. The Balaban J connectivity index is 1.88. The summed E-state index contributed by atoms with van der Waals surface area (Å²) in [4.78, 5) is 23.7. The highest BCUT2D eigenvalue weighted by atomic mass is 16.5. The molecule has 0 saturated heterocycles. The van der Waals surface area contributed by atoms with Gasteiger partial charge in [0, 0.05) is 19.2 Å². The molecule has 2 N–H and O–H groups in total. The number of carbonyl (C=O) groups excluding carboxylic acids is 1. The maximum absolute atomic E-state index is 12.2. The molecule has 6 nitrogen and oxygen atoms in total. The number of rotatable bonds is 10. The van der Waals surface area contributed by atoms with Gasteiger partial charge >= 0.3 is 5.97 Å². The number of carboxylic acids is 1. The van der Waals surface area contributed by atoms with Crippen molar-refractivity contribution in [2.75, 3.05) is 26.9 Å². The largest absolute Gasteiger partial charge is 0.491 e. The Morgan fingerprint density at radius 3 is 2.35 bits per heavy atom. The minimum absolute atomic E-state index is 0.0646. The zero-order valence-corrected chi connectivity index (χ0v) is 14.7. The Hall–Kier alpha value is -2.86. The summed E-state index contributed by atoms with van der Waals surface area (Å²) in [6.07, 6.45) is 0.364. The molecule has 0 aliphatic carbocycles. The van der Waals surface area contributed by atoms with Crippen molar-refractivity contribution in [2.24, 2.45) is 5.92 Å². The van der Waals surface area contributed by atoms with E-state index in [4.69, 9.17) is 9.47 Å². The number of amides is 1. The molecule has 0 bridgehead atoms. The van der Waals surface area contributed by atoms with Crippen molar-refractivity contribution in [1.82, 2.24) is 5.32 Å². The van der Waals surface area contributed by atoms with E-state index in [0.29, 0.717) is 30.9 Å². The molecule has 1 unspecified atom stereocenters. The van der Waals surface area contributed by atoms with Crippen LogP contribution in [0.3, 0.4) is 0 Å². The average molecular weight is 357 g/mol. The van der Waals surface area contributed by atoms with Crippen molar-refractivity contribution in [3.8, 4) is 5.75 Å². The molecular weight excluding hydrogens is 334 g/mol. The third kappa shape index (κ3) is 6.22. The van der Waals surface area contributed by atoms with E-state index < -0.39 is 11.9 Å². The van der Waals surface area contributed by atoms with Gasteiger partial charge in [0.1, 0.15) is 12.4 Å². The molecule has 2 rings (SSSR count). The van der Waals surface area contributed by atoms with Crippen LogP contribution in [0.15, 0.2) is 54.6 Å². The zero-order chi connectivity index (χ0) is 18.8. The maximum Gasteiger partial charge on any atom is 0.308 e. The number of benzene rings is 2. The number of methoxy groups -OCH3 is 1. The summed E-state index contributed by atoms with van der Waals surface area (Å²) in [7, 11) is 1.60. The Labute approximate surface area is 152 Å². The molecule has 0 aliphatic rings. The van der Waals surface area contributed by atoms with Crippen LogP contribution in [-0.4, -0.2) is 43.9 Å². The first-order chi connectivity index (χ1) is 12.6. The Morgan fingerprint density at radius 1 is 1.04 bits per heavy atom. The van der Waals surface area contributed by atoms with Gasteiger partial charge < -0.3 is 19.9 Å². The lowest BCUT2D eigenvalue weighted by Gasteiger charge is -2.14. The molecule has 2 aromatic rings. The highest BCUT2D eigenvalue weighted by molar-refractivity contribution is 5.94. The van der Waals surface area contributed by atoms with Crippen molar-refractivity contribution in [2.45, 2.75) is 6.42 Å². The monoisotopic (exact) mass is 357 g/mol. The van der Waals surface area contributed by atoms with Gasteiger partial charge in [0.05, 0.1) is 12.5 Å². The van der Waals surface area contributed by atoms with Gasteiger partial charge in [-0.1, -0.05) is 30.3 Å². The molecule has 138 valence electrons. The highest BCUT2D eigenvalue weighted by Crippen LogP contribution is 2.13. The van der Waals surface area contributed by atoms with Crippen molar-refractivity contribution < 1.29 is 24.2 Å². The number of ether oxygens (including phenoxy) is 2. The molecule has 0 saturated carbocycles.